The molecule has 1 aliphatic rings. The van der Waals surface area contributed by atoms with Crippen molar-refractivity contribution >= 4 is 21.4 Å². The molecule has 0 atom stereocenters. The van der Waals surface area contributed by atoms with Crippen LogP contribution in [0.25, 0.3) is 0 Å². The van der Waals surface area contributed by atoms with Crippen molar-refractivity contribution in [2.75, 3.05) is 13.1 Å². The lowest BCUT2D eigenvalue weighted by Crippen LogP contribution is -2.55. The maximum absolute atomic E-state index is 12.6. The molecule has 2 aromatic rings. The van der Waals surface area contributed by atoms with E-state index in [1.165, 1.54) is 21.7 Å². The zero-order chi connectivity index (χ0) is 17.5. The smallest absolute Gasteiger partial charge is 0.416 e. The number of alkyl halides is 3. The van der Waals surface area contributed by atoms with E-state index >= 15 is 0 Å². The van der Waals surface area contributed by atoms with Crippen molar-refractivity contribution in [1.29, 1.82) is 0 Å². The highest BCUT2D eigenvalue weighted by Crippen LogP contribution is 2.32. The first kappa shape index (κ1) is 17.2. The summed E-state index contributed by atoms with van der Waals surface area (Å²) in [4.78, 5) is 4.62. The Bertz CT molecular complexity index is 843. The molecule has 0 bridgehead atoms. The molecule has 0 unspecified atom stereocenters. The van der Waals surface area contributed by atoms with Crippen molar-refractivity contribution in [2.24, 2.45) is 0 Å². The minimum Gasteiger partial charge on any atom is -0.472 e. The summed E-state index contributed by atoms with van der Waals surface area (Å²) in [5, 5.41) is 0. The van der Waals surface area contributed by atoms with Crippen LogP contribution in [0.1, 0.15) is 10.4 Å². The van der Waals surface area contributed by atoms with Crippen molar-refractivity contribution in [3.05, 3.63) is 40.9 Å². The number of aromatic nitrogens is 1. The maximum Gasteiger partial charge on any atom is 0.416 e. The quantitative estimate of drug-likeness (QED) is 0.821. The molecule has 5 nitrogen and oxygen atoms in total. The van der Waals surface area contributed by atoms with E-state index < -0.39 is 27.9 Å². The summed E-state index contributed by atoms with van der Waals surface area (Å²) in [6.45, 7) is 1.97. The van der Waals surface area contributed by atoms with Gasteiger partial charge in [0.25, 0.3) is 10.0 Å². The summed E-state index contributed by atoms with van der Waals surface area (Å²) in [6.07, 6.45) is -3.98. The molecule has 3 rings (SSSR count). The van der Waals surface area contributed by atoms with Gasteiger partial charge in [0.15, 0.2) is 0 Å². The van der Waals surface area contributed by atoms with Crippen LogP contribution in [0.3, 0.4) is 0 Å². The molecule has 1 aliphatic heterocycles. The average Bonchev–Trinajstić information content (AvgIpc) is 2.89. The minimum atomic E-state index is -4.48. The third kappa shape index (κ3) is 3.40. The first-order valence-electron chi connectivity index (χ1n) is 6.93. The monoisotopic (exact) mass is 378 g/mol. The highest BCUT2D eigenvalue weighted by molar-refractivity contribution is 7.91. The molecule has 1 saturated heterocycles. The van der Waals surface area contributed by atoms with E-state index in [-0.39, 0.29) is 23.2 Å². The average molecular weight is 378 g/mol. The molecule has 10 heteroatoms. The molecular formula is C14H13F3N2O3S2. The van der Waals surface area contributed by atoms with E-state index in [2.05, 4.69) is 4.98 Å². The molecule has 130 valence electrons. The number of hydrogen-bond donors (Lipinski definition) is 0. The van der Waals surface area contributed by atoms with Crippen molar-refractivity contribution < 1.29 is 26.3 Å². The third-order valence-corrected chi connectivity index (χ3v) is 6.77. The first-order valence-corrected chi connectivity index (χ1v) is 9.18. The molecule has 3 heterocycles. The molecular weight excluding hydrogens is 365 g/mol. The number of nitrogens with zero attached hydrogens (tertiary/aromatic N) is 2. The molecule has 0 radical (unpaired) electrons. The van der Waals surface area contributed by atoms with Crippen LogP contribution in [-0.2, 0) is 16.2 Å². The van der Waals surface area contributed by atoms with Crippen molar-refractivity contribution in [3.8, 4) is 5.88 Å². The lowest BCUT2D eigenvalue weighted by atomic mass is 10.2. The van der Waals surface area contributed by atoms with Crippen molar-refractivity contribution in [3.63, 3.8) is 0 Å². The van der Waals surface area contributed by atoms with E-state index in [1.54, 1.807) is 6.07 Å². The summed E-state index contributed by atoms with van der Waals surface area (Å²) in [5.41, 5.74) is -0.856. The fourth-order valence-electron chi connectivity index (χ4n) is 2.17. The van der Waals surface area contributed by atoms with Crippen LogP contribution in [0.4, 0.5) is 13.2 Å². The maximum atomic E-state index is 12.6. The highest BCUT2D eigenvalue weighted by Gasteiger charge is 2.39. The van der Waals surface area contributed by atoms with E-state index in [4.69, 9.17) is 4.74 Å². The van der Waals surface area contributed by atoms with Crippen LogP contribution in [0.15, 0.2) is 34.7 Å². The molecule has 2 aromatic heterocycles. The molecule has 0 N–H and O–H groups in total. The number of aryl methyl sites for hydroxylation is 1. The number of hydrogen-bond acceptors (Lipinski definition) is 5. The Hall–Kier alpha value is -1.65. The SMILES string of the molecule is Cc1ccc(S(=O)(=O)N2CC(Oc3cc(C(F)(F)F)ccn3)C2)s1. The number of halogens is 3. The standard InChI is InChI=1S/C14H13F3N2O3S2/c1-9-2-3-13(23-9)24(20,21)19-7-11(8-19)22-12-6-10(4-5-18-12)14(15,16)17/h2-6,11H,7-8H2,1H3. The van der Waals surface area contributed by atoms with Gasteiger partial charge in [0.1, 0.15) is 10.3 Å². The van der Waals surface area contributed by atoms with E-state index in [1.807, 2.05) is 6.92 Å². The lowest BCUT2D eigenvalue weighted by molar-refractivity contribution is -0.137. The van der Waals surface area contributed by atoms with Crippen LogP contribution in [0.2, 0.25) is 0 Å². The molecule has 0 saturated carbocycles. The number of thiophene rings is 1. The van der Waals surface area contributed by atoms with Gasteiger partial charge in [-0.05, 0) is 25.1 Å². The predicted octanol–water partition coefficient (Wildman–Crippen LogP) is 2.92. The van der Waals surface area contributed by atoms with Crippen LogP contribution in [-0.4, -0.2) is 36.9 Å². The fraction of sp³-hybridized carbons (Fsp3) is 0.357. The first-order chi connectivity index (χ1) is 11.2. The van der Waals surface area contributed by atoms with E-state index in [0.29, 0.717) is 0 Å². The Morgan fingerprint density at radius 3 is 2.58 bits per heavy atom. The molecule has 24 heavy (non-hydrogen) atoms. The van der Waals surface area contributed by atoms with Crippen LogP contribution >= 0.6 is 11.3 Å². The van der Waals surface area contributed by atoms with Gasteiger partial charge in [0.2, 0.25) is 5.88 Å². The topological polar surface area (TPSA) is 59.5 Å². The largest absolute Gasteiger partial charge is 0.472 e. The third-order valence-electron chi connectivity index (χ3n) is 3.47. The molecule has 0 aliphatic carbocycles. The van der Waals surface area contributed by atoms with E-state index in [0.717, 1.165) is 23.2 Å². The normalized spacial score (nSPS) is 16.8. The second kappa shape index (κ2) is 6.01. The number of rotatable bonds is 4. The van der Waals surface area contributed by atoms with Gasteiger partial charge in [-0.25, -0.2) is 13.4 Å². The molecule has 0 spiro atoms. The van der Waals surface area contributed by atoms with Gasteiger partial charge in [0, 0.05) is 17.1 Å². The second-order valence-electron chi connectivity index (χ2n) is 5.31. The number of ether oxygens (including phenoxy) is 1. The lowest BCUT2D eigenvalue weighted by Gasteiger charge is -2.37. The Morgan fingerprint density at radius 2 is 2.00 bits per heavy atom. The summed E-state index contributed by atoms with van der Waals surface area (Å²) in [6, 6.07) is 4.92. The summed E-state index contributed by atoms with van der Waals surface area (Å²) in [7, 11) is -3.57. The highest BCUT2D eigenvalue weighted by atomic mass is 32.2. The number of pyridine rings is 1. The van der Waals surface area contributed by atoms with Gasteiger partial charge in [-0.15, -0.1) is 11.3 Å². The molecule has 0 aromatic carbocycles. The van der Waals surface area contributed by atoms with Gasteiger partial charge in [-0.2, -0.15) is 17.5 Å². The van der Waals surface area contributed by atoms with Gasteiger partial charge < -0.3 is 4.74 Å². The zero-order valence-corrected chi connectivity index (χ0v) is 14.1. The summed E-state index contributed by atoms with van der Waals surface area (Å²) in [5.74, 6) is -0.168. The molecule has 0 amide bonds. The van der Waals surface area contributed by atoms with Crippen molar-refractivity contribution in [1.82, 2.24) is 9.29 Å². The van der Waals surface area contributed by atoms with Crippen LogP contribution in [0.5, 0.6) is 5.88 Å². The Labute approximate surface area is 140 Å². The second-order valence-corrected chi connectivity index (χ2v) is 8.76. The predicted molar refractivity (Wildman–Crippen MR) is 81.5 cm³/mol. The van der Waals surface area contributed by atoms with Gasteiger partial charge in [0.05, 0.1) is 18.7 Å². The Kier molecular flexibility index (Phi) is 4.30. The van der Waals surface area contributed by atoms with Gasteiger partial charge in [-0.3, -0.25) is 0 Å². The van der Waals surface area contributed by atoms with Gasteiger partial charge in [-0.1, -0.05) is 0 Å². The minimum absolute atomic E-state index is 0.0806. The Balaban J connectivity index is 1.64. The van der Waals surface area contributed by atoms with E-state index in [9.17, 15) is 21.6 Å². The Morgan fingerprint density at radius 1 is 1.29 bits per heavy atom. The van der Waals surface area contributed by atoms with Gasteiger partial charge >= 0.3 is 6.18 Å². The summed E-state index contributed by atoms with van der Waals surface area (Å²) >= 11 is 1.17. The zero-order valence-electron chi connectivity index (χ0n) is 12.4. The van der Waals surface area contributed by atoms with Crippen molar-refractivity contribution in [2.45, 2.75) is 23.4 Å². The van der Waals surface area contributed by atoms with Crippen LogP contribution in [0, 0.1) is 6.92 Å². The summed E-state index contributed by atoms with van der Waals surface area (Å²) < 4.78 is 69.4. The fourth-order valence-corrected chi connectivity index (χ4v) is 5.11. The number of sulfonamides is 1. The van der Waals surface area contributed by atoms with Crippen LogP contribution < -0.4 is 4.74 Å². The molecule has 1 fully saturated rings.